The SMILES string of the molecule is Cc1nc(-c2ccc(F)cc2)sc1-c1ccc(SCc2cccc([N+](=O)[O-])c2)nn1. The van der Waals surface area contributed by atoms with Crippen LogP contribution in [0.15, 0.2) is 65.7 Å². The van der Waals surface area contributed by atoms with E-state index in [1.807, 2.05) is 25.1 Å². The summed E-state index contributed by atoms with van der Waals surface area (Å²) >= 11 is 2.95. The van der Waals surface area contributed by atoms with Gasteiger partial charge >= 0.3 is 0 Å². The first-order valence-electron chi connectivity index (χ1n) is 8.93. The zero-order valence-electron chi connectivity index (χ0n) is 15.8. The number of benzene rings is 2. The average molecular weight is 439 g/mol. The third kappa shape index (κ3) is 4.52. The van der Waals surface area contributed by atoms with E-state index in [0.717, 1.165) is 37.4 Å². The highest BCUT2D eigenvalue weighted by Crippen LogP contribution is 2.34. The van der Waals surface area contributed by atoms with Crippen molar-refractivity contribution in [2.24, 2.45) is 0 Å². The van der Waals surface area contributed by atoms with Crippen LogP contribution in [0.25, 0.3) is 21.1 Å². The Morgan fingerprint density at radius 3 is 2.60 bits per heavy atom. The fourth-order valence-corrected chi connectivity index (χ4v) is 4.58. The predicted molar refractivity (Wildman–Crippen MR) is 116 cm³/mol. The summed E-state index contributed by atoms with van der Waals surface area (Å²) in [5.41, 5.74) is 3.34. The van der Waals surface area contributed by atoms with Crippen LogP contribution in [0.4, 0.5) is 10.1 Å². The van der Waals surface area contributed by atoms with Crippen LogP contribution in [-0.4, -0.2) is 20.1 Å². The molecule has 4 rings (SSSR count). The minimum Gasteiger partial charge on any atom is -0.258 e. The van der Waals surface area contributed by atoms with Gasteiger partial charge in [0.2, 0.25) is 0 Å². The minimum absolute atomic E-state index is 0.0761. The topological polar surface area (TPSA) is 81.8 Å². The highest BCUT2D eigenvalue weighted by molar-refractivity contribution is 7.98. The Morgan fingerprint density at radius 1 is 1.10 bits per heavy atom. The van der Waals surface area contributed by atoms with Crippen LogP contribution < -0.4 is 0 Å². The highest BCUT2D eigenvalue weighted by Gasteiger charge is 2.13. The van der Waals surface area contributed by atoms with Crippen LogP contribution >= 0.6 is 23.1 Å². The molecule has 0 amide bonds. The molecule has 0 N–H and O–H groups in total. The van der Waals surface area contributed by atoms with Crippen molar-refractivity contribution in [2.45, 2.75) is 17.7 Å². The van der Waals surface area contributed by atoms with E-state index in [9.17, 15) is 14.5 Å². The Hall–Kier alpha value is -3.17. The predicted octanol–water partition coefficient (Wildman–Crippen LogP) is 5.92. The van der Waals surface area contributed by atoms with Crippen LogP contribution in [0, 0.1) is 22.9 Å². The van der Waals surface area contributed by atoms with Gasteiger partial charge < -0.3 is 0 Å². The van der Waals surface area contributed by atoms with E-state index >= 15 is 0 Å². The molecule has 0 unspecified atom stereocenters. The lowest BCUT2D eigenvalue weighted by Gasteiger charge is -2.02. The van der Waals surface area contributed by atoms with Crippen molar-refractivity contribution >= 4 is 28.8 Å². The first-order valence-corrected chi connectivity index (χ1v) is 10.7. The molecule has 0 spiro atoms. The van der Waals surface area contributed by atoms with Crippen LogP contribution in [-0.2, 0) is 5.75 Å². The second kappa shape index (κ2) is 8.68. The highest BCUT2D eigenvalue weighted by atomic mass is 32.2. The summed E-state index contributed by atoms with van der Waals surface area (Å²) in [5, 5.41) is 21.0. The molecule has 0 aliphatic heterocycles. The molecule has 2 aromatic heterocycles. The monoisotopic (exact) mass is 438 g/mol. The summed E-state index contributed by atoms with van der Waals surface area (Å²) in [6.07, 6.45) is 0. The number of aryl methyl sites for hydroxylation is 1. The third-order valence-corrected chi connectivity index (χ3v) is 6.49. The van der Waals surface area contributed by atoms with Gasteiger partial charge in [-0.15, -0.1) is 21.5 Å². The number of aromatic nitrogens is 3. The van der Waals surface area contributed by atoms with Gasteiger partial charge in [0.05, 0.1) is 15.5 Å². The first-order chi connectivity index (χ1) is 14.5. The number of hydrogen-bond acceptors (Lipinski definition) is 7. The van der Waals surface area contributed by atoms with Crippen LogP contribution in [0.1, 0.15) is 11.3 Å². The molecular weight excluding hydrogens is 423 g/mol. The number of rotatable bonds is 6. The Labute approximate surface area is 180 Å². The standard InChI is InChI=1S/C21H15FN4O2S2/c1-13-20(30-21(23-13)15-5-7-16(22)8-6-15)18-9-10-19(25-24-18)29-12-14-3-2-4-17(11-14)26(27)28/h2-11H,12H2,1H3. The van der Waals surface area contributed by atoms with Gasteiger partial charge in [0.25, 0.3) is 5.69 Å². The molecule has 0 bridgehead atoms. The van der Waals surface area contributed by atoms with E-state index in [1.54, 1.807) is 24.3 Å². The van der Waals surface area contributed by atoms with Crippen molar-refractivity contribution in [3.05, 3.63) is 87.9 Å². The van der Waals surface area contributed by atoms with Crippen molar-refractivity contribution in [1.82, 2.24) is 15.2 Å². The number of non-ortho nitro benzene ring substituents is 1. The normalized spacial score (nSPS) is 10.9. The lowest BCUT2D eigenvalue weighted by molar-refractivity contribution is -0.384. The molecule has 9 heteroatoms. The van der Waals surface area contributed by atoms with Crippen LogP contribution in [0.3, 0.4) is 0 Å². The lowest BCUT2D eigenvalue weighted by atomic mass is 10.2. The Balaban J connectivity index is 1.48. The maximum Gasteiger partial charge on any atom is 0.269 e. The lowest BCUT2D eigenvalue weighted by Crippen LogP contribution is -1.91. The van der Waals surface area contributed by atoms with Gasteiger partial charge in [0.15, 0.2) is 0 Å². The summed E-state index contributed by atoms with van der Waals surface area (Å²) in [7, 11) is 0. The van der Waals surface area contributed by atoms with Gasteiger partial charge in [0, 0.05) is 23.4 Å². The zero-order chi connectivity index (χ0) is 21.1. The number of hydrogen-bond donors (Lipinski definition) is 0. The van der Waals surface area contributed by atoms with E-state index in [0.29, 0.717) is 5.75 Å². The number of thioether (sulfide) groups is 1. The van der Waals surface area contributed by atoms with Crippen LogP contribution in [0.5, 0.6) is 0 Å². The van der Waals surface area contributed by atoms with E-state index in [4.69, 9.17) is 0 Å². The largest absolute Gasteiger partial charge is 0.269 e. The van der Waals surface area contributed by atoms with Gasteiger partial charge in [-0.05, 0) is 48.9 Å². The number of thiazole rings is 1. The molecule has 0 saturated heterocycles. The molecule has 0 aliphatic carbocycles. The quantitative estimate of drug-likeness (QED) is 0.211. The van der Waals surface area contributed by atoms with Crippen molar-refractivity contribution in [3.8, 4) is 21.1 Å². The maximum absolute atomic E-state index is 13.1. The van der Waals surface area contributed by atoms with Crippen molar-refractivity contribution in [1.29, 1.82) is 0 Å². The van der Waals surface area contributed by atoms with Crippen LogP contribution in [0.2, 0.25) is 0 Å². The molecule has 0 aliphatic rings. The fraction of sp³-hybridized carbons (Fsp3) is 0.0952. The summed E-state index contributed by atoms with van der Waals surface area (Å²) in [4.78, 5) is 16.0. The molecule has 150 valence electrons. The second-order valence-corrected chi connectivity index (χ2v) is 8.41. The molecule has 0 saturated carbocycles. The molecule has 30 heavy (non-hydrogen) atoms. The maximum atomic E-state index is 13.1. The molecule has 2 aromatic carbocycles. The van der Waals surface area contributed by atoms with E-state index in [2.05, 4.69) is 15.2 Å². The van der Waals surface area contributed by atoms with E-state index in [1.165, 1.54) is 41.3 Å². The van der Waals surface area contributed by atoms with Crippen molar-refractivity contribution < 1.29 is 9.31 Å². The molecular formula is C21H15FN4O2S2. The number of nitro benzene ring substituents is 1. The molecule has 2 heterocycles. The molecule has 4 aromatic rings. The molecule has 0 radical (unpaired) electrons. The number of nitro groups is 1. The third-order valence-electron chi connectivity index (χ3n) is 4.27. The van der Waals surface area contributed by atoms with Crippen molar-refractivity contribution in [3.63, 3.8) is 0 Å². The summed E-state index contributed by atoms with van der Waals surface area (Å²) in [6.45, 7) is 1.91. The number of nitrogens with zero attached hydrogens (tertiary/aromatic N) is 4. The zero-order valence-corrected chi connectivity index (χ0v) is 17.4. The van der Waals surface area contributed by atoms with Gasteiger partial charge in [-0.3, -0.25) is 10.1 Å². The van der Waals surface area contributed by atoms with Gasteiger partial charge in [0.1, 0.15) is 21.5 Å². The Bertz CT molecular complexity index is 1190. The number of halogens is 1. The van der Waals surface area contributed by atoms with E-state index in [-0.39, 0.29) is 11.5 Å². The van der Waals surface area contributed by atoms with E-state index < -0.39 is 4.92 Å². The summed E-state index contributed by atoms with van der Waals surface area (Å²) < 4.78 is 13.1. The smallest absolute Gasteiger partial charge is 0.258 e. The fourth-order valence-electron chi connectivity index (χ4n) is 2.79. The summed E-state index contributed by atoms with van der Waals surface area (Å²) in [6, 6.07) is 16.6. The first kappa shape index (κ1) is 20.1. The molecule has 0 atom stereocenters. The van der Waals surface area contributed by atoms with Gasteiger partial charge in [-0.25, -0.2) is 9.37 Å². The van der Waals surface area contributed by atoms with Crippen molar-refractivity contribution in [2.75, 3.05) is 0 Å². The summed E-state index contributed by atoms with van der Waals surface area (Å²) in [5.74, 6) is 0.278. The van der Waals surface area contributed by atoms with Gasteiger partial charge in [-0.2, -0.15) is 0 Å². The second-order valence-electron chi connectivity index (χ2n) is 6.41. The Morgan fingerprint density at radius 2 is 1.90 bits per heavy atom. The Kier molecular flexibility index (Phi) is 5.82. The minimum atomic E-state index is -0.402. The molecule has 0 fully saturated rings. The average Bonchev–Trinajstić information content (AvgIpc) is 3.15. The molecule has 6 nitrogen and oxygen atoms in total. The van der Waals surface area contributed by atoms with Gasteiger partial charge in [-0.1, -0.05) is 23.9 Å².